The zero-order chi connectivity index (χ0) is 16.2. The molecule has 0 aliphatic heterocycles. The fourth-order valence-electron chi connectivity index (χ4n) is 2.51. The maximum atomic E-state index is 11.7. The highest BCUT2D eigenvalue weighted by molar-refractivity contribution is 5.84. The van der Waals surface area contributed by atoms with Gasteiger partial charge >= 0.3 is 6.09 Å². The number of carbonyl (C=O) groups is 1. The summed E-state index contributed by atoms with van der Waals surface area (Å²) in [4.78, 5) is 11.7. The number of ether oxygens (including phenoxy) is 1. The first-order valence-electron chi connectivity index (χ1n) is 8.16. The number of hydrogen-bond acceptors (Lipinski definition) is 3. The Kier molecular flexibility index (Phi) is 5.46. The van der Waals surface area contributed by atoms with Crippen LogP contribution in [0.25, 0.3) is 0 Å². The second kappa shape index (κ2) is 7.14. The molecule has 1 fully saturated rings. The summed E-state index contributed by atoms with van der Waals surface area (Å²) in [6.07, 6.45) is 3.67. The van der Waals surface area contributed by atoms with Gasteiger partial charge in [0.1, 0.15) is 5.60 Å². The van der Waals surface area contributed by atoms with E-state index < -0.39 is 11.7 Å². The Hall–Kier alpha value is -1.55. The van der Waals surface area contributed by atoms with Crippen LogP contribution in [0, 0.1) is 5.92 Å². The molecular weight excluding hydrogens is 276 g/mol. The molecule has 2 N–H and O–H groups in total. The first kappa shape index (κ1) is 16.8. The van der Waals surface area contributed by atoms with Crippen molar-refractivity contribution in [3.05, 3.63) is 29.8 Å². The topological polar surface area (TPSA) is 50.4 Å². The van der Waals surface area contributed by atoms with E-state index in [1.807, 2.05) is 45.0 Å². The van der Waals surface area contributed by atoms with Gasteiger partial charge < -0.3 is 10.1 Å². The highest BCUT2D eigenvalue weighted by Gasteiger charge is 2.23. The van der Waals surface area contributed by atoms with Crippen molar-refractivity contribution in [2.45, 2.75) is 65.1 Å². The van der Waals surface area contributed by atoms with Gasteiger partial charge in [-0.15, -0.1) is 0 Å². The quantitative estimate of drug-likeness (QED) is 0.852. The second-order valence-electron chi connectivity index (χ2n) is 7.18. The minimum Gasteiger partial charge on any atom is -0.444 e. The highest BCUT2D eigenvalue weighted by atomic mass is 16.6. The lowest BCUT2D eigenvalue weighted by Gasteiger charge is -2.32. The number of carbonyl (C=O) groups excluding carboxylic acids is 1. The van der Waals surface area contributed by atoms with Crippen molar-refractivity contribution < 1.29 is 9.53 Å². The van der Waals surface area contributed by atoms with Gasteiger partial charge in [0.25, 0.3) is 0 Å². The maximum absolute atomic E-state index is 11.7. The van der Waals surface area contributed by atoms with Crippen LogP contribution in [0.4, 0.5) is 10.5 Å². The summed E-state index contributed by atoms with van der Waals surface area (Å²) in [5.41, 5.74) is 1.50. The monoisotopic (exact) mass is 304 g/mol. The van der Waals surface area contributed by atoms with E-state index in [-0.39, 0.29) is 0 Å². The van der Waals surface area contributed by atoms with Gasteiger partial charge in [0.2, 0.25) is 0 Å². The van der Waals surface area contributed by atoms with Crippen LogP contribution in [-0.4, -0.2) is 17.7 Å². The lowest BCUT2D eigenvalue weighted by molar-refractivity contribution is 0.0636. The van der Waals surface area contributed by atoms with Crippen LogP contribution in [0.15, 0.2) is 24.3 Å². The number of amides is 1. The third-order valence-corrected chi connectivity index (χ3v) is 4.08. The van der Waals surface area contributed by atoms with Gasteiger partial charge in [0.05, 0.1) is 0 Å². The van der Waals surface area contributed by atoms with Crippen molar-refractivity contribution in [1.29, 1.82) is 0 Å². The van der Waals surface area contributed by atoms with Crippen molar-refractivity contribution in [1.82, 2.24) is 5.32 Å². The molecule has 1 aliphatic rings. The minimum absolute atomic E-state index is 0.419. The lowest BCUT2D eigenvalue weighted by Crippen LogP contribution is -2.36. The molecule has 1 aromatic rings. The van der Waals surface area contributed by atoms with E-state index in [0.29, 0.717) is 6.04 Å². The molecule has 0 radical (unpaired) electrons. The smallest absolute Gasteiger partial charge is 0.412 e. The van der Waals surface area contributed by atoms with E-state index in [2.05, 4.69) is 17.6 Å². The average molecular weight is 304 g/mol. The van der Waals surface area contributed by atoms with Gasteiger partial charge in [-0.1, -0.05) is 18.6 Å². The van der Waals surface area contributed by atoms with Crippen LogP contribution in [0.5, 0.6) is 0 Å². The Morgan fingerprint density at radius 1 is 1.27 bits per heavy atom. The molecule has 0 heterocycles. The second-order valence-corrected chi connectivity index (χ2v) is 7.18. The maximum Gasteiger partial charge on any atom is 0.412 e. The lowest BCUT2D eigenvalue weighted by atomic mass is 9.80. The summed E-state index contributed by atoms with van der Waals surface area (Å²) in [6, 6.07) is 8.47. The van der Waals surface area contributed by atoms with Gasteiger partial charge in [-0.05, 0) is 64.2 Å². The number of nitrogens with one attached hydrogen (secondary N) is 2. The summed E-state index contributed by atoms with van der Waals surface area (Å²) < 4.78 is 5.23. The van der Waals surface area contributed by atoms with Crippen LogP contribution in [0.3, 0.4) is 0 Å². The van der Waals surface area contributed by atoms with Crippen LogP contribution >= 0.6 is 0 Å². The summed E-state index contributed by atoms with van der Waals surface area (Å²) in [6.45, 7) is 8.69. The van der Waals surface area contributed by atoms with Crippen molar-refractivity contribution >= 4 is 11.8 Å². The highest BCUT2D eigenvalue weighted by Crippen LogP contribution is 2.29. The van der Waals surface area contributed by atoms with Gasteiger partial charge in [-0.25, -0.2) is 4.79 Å². The predicted octanol–water partition coefficient (Wildman–Crippen LogP) is 4.31. The molecule has 2 rings (SSSR count). The van der Waals surface area contributed by atoms with E-state index >= 15 is 0 Å². The molecule has 0 aromatic heterocycles. The van der Waals surface area contributed by atoms with E-state index in [9.17, 15) is 4.79 Å². The predicted molar refractivity (Wildman–Crippen MR) is 89.9 cm³/mol. The number of benzene rings is 1. The molecule has 0 unspecified atom stereocenters. The Labute approximate surface area is 133 Å². The largest absolute Gasteiger partial charge is 0.444 e. The van der Waals surface area contributed by atoms with Crippen LogP contribution in [0.2, 0.25) is 0 Å². The Morgan fingerprint density at radius 3 is 2.41 bits per heavy atom. The summed E-state index contributed by atoms with van der Waals surface area (Å²) >= 11 is 0. The molecule has 1 aromatic carbocycles. The number of rotatable bonds is 5. The third kappa shape index (κ3) is 5.34. The van der Waals surface area contributed by atoms with E-state index in [1.165, 1.54) is 24.8 Å². The van der Waals surface area contributed by atoms with E-state index in [1.54, 1.807) is 0 Å². The SMILES string of the molecule is C[C@H](NCc1ccc(NC(=O)OC(C)(C)C)cc1)C1CCC1. The van der Waals surface area contributed by atoms with Gasteiger partial charge in [0.15, 0.2) is 0 Å². The van der Waals surface area contributed by atoms with Crippen LogP contribution < -0.4 is 10.6 Å². The van der Waals surface area contributed by atoms with Crippen molar-refractivity contribution in [3.8, 4) is 0 Å². The Bertz CT molecular complexity index is 487. The normalized spacial score (nSPS) is 16.7. The fraction of sp³-hybridized carbons (Fsp3) is 0.611. The summed E-state index contributed by atoms with van der Waals surface area (Å²) in [5, 5.41) is 6.33. The third-order valence-electron chi connectivity index (χ3n) is 4.08. The molecule has 0 saturated heterocycles. The molecule has 4 heteroatoms. The number of hydrogen-bond donors (Lipinski definition) is 2. The van der Waals surface area contributed by atoms with Crippen molar-refractivity contribution in [3.63, 3.8) is 0 Å². The first-order chi connectivity index (χ1) is 10.3. The molecule has 1 saturated carbocycles. The van der Waals surface area contributed by atoms with E-state index in [0.717, 1.165) is 18.2 Å². The van der Waals surface area contributed by atoms with Crippen LogP contribution in [-0.2, 0) is 11.3 Å². The Balaban J connectivity index is 1.78. The van der Waals surface area contributed by atoms with Gasteiger partial charge in [-0.3, -0.25) is 5.32 Å². The molecule has 4 nitrogen and oxygen atoms in total. The zero-order valence-corrected chi connectivity index (χ0v) is 14.1. The molecular formula is C18H28N2O2. The molecule has 1 aliphatic carbocycles. The summed E-state index contributed by atoms with van der Waals surface area (Å²) in [7, 11) is 0. The van der Waals surface area contributed by atoms with Crippen molar-refractivity contribution in [2.75, 3.05) is 5.32 Å². The molecule has 22 heavy (non-hydrogen) atoms. The van der Waals surface area contributed by atoms with E-state index in [4.69, 9.17) is 4.74 Å². The molecule has 122 valence electrons. The standard InChI is InChI=1S/C18H28N2O2/c1-13(15-6-5-7-15)19-12-14-8-10-16(11-9-14)20-17(21)22-18(2,3)4/h8-11,13,15,19H,5-7,12H2,1-4H3,(H,20,21)/t13-/m0/s1. The minimum atomic E-state index is -0.481. The van der Waals surface area contributed by atoms with Gasteiger partial charge in [0, 0.05) is 18.3 Å². The van der Waals surface area contributed by atoms with Crippen molar-refractivity contribution in [2.24, 2.45) is 5.92 Å². The average Bonchev–Trinajstić information content (AvgIpc) is 2.33. The summed E-state index contributed by atoms with van der Waals surface area (Å²) in [5.74, 6) is 0.841. The van der Waals surface area contributed by atoms with Gasteiger partial charge in [-0.2, -0.15) is 0 Å². The molecule has 1 amide bonds. The number of anilines is 1. The van der Waals surface area contributed by atoms with Crippen LogP contribution in [0.1, 0.15) is 52.5 Å². The fourth-order valence-corrected chi connectivity index (χ4v) is 2.51. The molecule has 0 bridgehead atoms. The molecule has 0 spiro atoms. The Morgan fingerprint density at radius 2 is 1.91 bits per heavy atom. The zero-order valence-electron chi connectivity index (χ0n) is 14.1. The first-order valence-corrected chi connectivity index (χ1v) is 8.16. The molecule has 1 atom stereocenters.